The van der Waals surface area contributed by atoms with Crippen LogP contribution in [-0.2, 0) is 6.61 Å². The van der Waals surface area contributed by atoms with Crippen LogP contribution >= 0.6 is 0 Å². The molecule has 0 heterocycles. The molecule has 0 unspecified atom stereocenters. The molecule has 0 atom stereocenters. The Hall–Kier alpha value is -2.54. The van der Waals surface area contributed by atoms with E-state index in [0.717, 1.165) is 5.75 Å². The van der Waals surface area contributed by atoms with Crippen molar-refractivity contribution in [1.82, 2.24) is 0 Å². The smallest absolute Gasteiger partial charge is 0.119 e. The van der Waals surface area contributed by atoms with Crippen molar-refractivity contribution in [1.29, 1.82) is 0 Å². The van der Waals surface area contributed by atoms with Crippen LogP contribution in [0.3, 0.4) is 0 Å². The van der Waals surface area contributed by atoms with Crippen molar-refractivity contribution >= 4 is 0 Å². The quantitative estimate of drug-likeness (QED) is 0.646. The molecule has 3 aromatic carbocycles. The van der Waals surface area contributed by atoms with Crippen LogP contribution < -0.4 is 4.74 Å². The van der Waals surface area contributed by atoms with E-state index in [1.807, 2.05) is 36.4 Å². The Labute approximate surface area is 119 Å². The monoisotopic (exact) mass is 260 g/mol. The van der Waals surface area contributed by atoms with Gasteiger partial charge in [-0.25, -0.2) is 0 Å². The molecular formula is C19H16O. The van der Waals surface area contributed by atoms with Crippen molar-refractivity contribution in [3.8, 4) is 16.9 Å². The first-order chi connectivity index (χ1) is 9.93. The van der Waals surface area contributed by atoms with Gasteiger partial charge in [-0.3, -0.25) is 0 Å². The fraction of sp³-hybridized carbons (Fsp3) is 0.0526. The molecule has 0 saturated carbocycles. The Morgan fingerprint density at radius 3 is 1.95 bits per heavy atom. The average Bonchev–Trinajstić information content (AvgIpc) is 2.55. The van der Waals surface area contributed by atoms with E-state index in [1.165, 1.54) is 16.7 Å². The summed E-state index contributed by atoms with van der Waals surface area (Å²) in [6, 6.07) is 28.7. The highest BCUT2D eigenvalue weighted by Crippen LogP contribution is 2.24. The minimum atomic E-state index is 0.578. The molecule has 0 saturated heterocycles. The van der Waals surface area contributed by atoms with E-state index in [0.29, 0.717) is 6.61 Å². The average molecular weight is 260 g/mol. The molecule has 0 fully saturated rings. The van der Waals surface area contributed by atoms with Crippen molar-refractivity contribution in [2.45, 2.75) is 6.61 Å². The zero-order valence-electron chi connectivity index (χ0n) is 11.2. The summed E-state index contributed by atoms with van der Waals surface area (Å²) in [5.74, 6) is 0.898. The fourth-order valence-corrected chi connectivity index (χ4v) is 2.22. The molecule has 0 spiro atoms. The maximum atomic E-state index is 5.85. The number of ether oxygens (including phenoxy) is 1. The molecule has 0 amide bonds. The molecule has 0 radical (unpaired) electrons. The largest absolute Gasteiger partial charge is 0.489 e. The van der Waals surface area contributed by atoms with Gasteiger partial charge in [0.25, 0.3) is 0 Å². The molecule has 0 N–H and O–H groups in total. The Morgan fingerprint density at radius 1 is 0.600 bits per heavy atom. The normalized spacial score (nSPS) is 10.2. The van der Waals surface area contributed by atoms with Gasteiger partial charge in [0.2, 0.25) is 0 Å². The summed E-state index contributed by atoms with van der Waals surface area (Å²) < 4.78 is 5.85. The van der Waals surface area contributed by atoms with E-state index in [-0.39, 0.29) is 0 Å². The summed E-state index contributed by atoms with van der Waals surface area (Å²) in [5, 5.41) is 0. The van der Waals surface area contributed by atoms with Gasteiger partial charge < -0.3 is 4.74 Å². The molecular weight excluding hydrogens is 244 g/mol. The van der Waals surface area contributed by atoms with Crippen molar-refractivity contribution in [2.24, 2.45) is 0 Å². The molecule has 98 valence electrons. The van der Waals surface area contributed by atoms with E-state index in [9.17, 15) is 0 Å². The molecule has 3 rings (SSSR count). The second-order valence-electron chi connectivity index (χ2n) is 4.62. The van der Waals surface area contributed by atoms with Gasteiger partial charge in [-0.05, 0) is 28.8 Å². The van der Waals surface area contributed by atoms with E-state index in [1.54, 1.807) is 0 Å². The zero-order valence-corrected chi connectivity index (χ0v) is 11.2. The van der Waals surface area contributed by atoms with Crippen LogP contribution in [0.15, 0.2) is 84.9 Å². The lowest BCUT2D eigenvalue weighted by Crippen LogP contribution is -1.97. The van der Waals surface area contributed by atoms with Gasteiger partial charge in [-0.1, -0.05) is 72.8 Å². The summed E-state index contributed by atoms with van der Waals surface area (Å²) >= 11 is 0. The number of hydrogen-bond donors (Lipinski definition) is 0. The molecule has 0 aliphatic heterocycles. The van der Waals surface area contributed by atoms with Gasteiger partial charge >= 0.3 is 0 Å². The lowest BCUT2D eigenvalue weighted by molar-refractivity contribution is 0.307. The second kappa shape index (κ2) is 6.07. The first kappa shape index (κ1) is 12.5. The van der Waals surface area contributed by atoms with Crippen molar-refractivity contribution in [2.75, 3.05) is 0 Å². The van der Waals surface area contributed by atoms with Crippen LogP contribution in [0.4, 0.5) is 0 Å². The Balaban J connectivity index is 1.84. The summed E-state index contributed by atoms with van der Waals surface area (Å²) in [6.07, 6.45) is 0. The van der Waals surface area contributed by atoms with Gasteiger partial charge in [-0.15, -0.1) is 0 Å². The van der Waals surface area contributed by atoms with Gasteiger partial charge in [0.05, 0.1) is 0 Å². The van der Waals surface area contributed by atoms with Crippen molar-refractivity contribution in [3.05, 3.63) is 90.5 Å². The number of hydrogen-bond acceptors (Lipinski definition) is 1. The molecule has 1 nitrogen and oxygen atoms in total. The van der Waals surface area contributed by atoms with E-state index in [4.69, 9.17) is 4.74 Å². The van der Waals surface area contributed by atoms with Crippen molar-refractivity contribution < 1.29 is 4.74 Å². The maximum Gasteiger partial charge on any atom is 0.119 e. The van der Waals surface area contributed by atoms with E-state index >= 15 is 0 Å². The third-order valence-corrected chi connectivity index (χ3v) is 3.24. The lowest BCUT2D eigenvalue weighted by Gasteiger charge is -2.11. The zero-order chi connectivity index (χ0) is 13.6. The van der Waals surface area contributed by atoms with Gasteiger partial charge in [0, 0.05) is 0 Å². The highest BCUT2D eigenvalue weighted by atomic mass is 16.5. The van der Waals surface area contributed by atoms with Crippen LogP contribution in [0, 0.1) is 0 Å². The van der Waals surface area contributed by atoms with Crippen LogP contribution in [-0.4, -0.2) is 0 Å². The summed E-state index contributed by atoms with van der Waals surface area (Å²) in [5.41, 5.74) is 3.64. The van der Waals surface area contributed by atoms with Gasteiger partial charge in [0.1, 0.15) is 12.4 Å². The number of para-hydroxylation sites is 1. The van der Waals surface area contributed by atoms with Gasteiger partial charge in [0.15, 0.2) is 0 Å². The molecule has 0 aliphatic rings. The molecule has 0 aromatic heterocycles. The molecule has 3 aromatic rings. The predicted octanol–water partition coefficient (Wildman–Crippen LogP) is 4.93. The first-order valence-electron chi connectivity index (χ1n) is 6.75. The molecule has 1 heteroatoms. The van der Waals surface area contributed by atoms with Crippen LogP contribution in [0.1, 0.15) is 5.56 Å². The Bertz CT molecular complexity index is 660. The molecule has 0 aliphatic carbocycles. The van der Waals surface area contributed by atoms with Crippen LogP contribution in [0.2, 0.25) is 0 Å². The summed E-state index contributed by atoms with van der Waals surface area (Å²) in [7, 11) is 0. The highest BCUT2D eigenvalue weighted by molar-refractivity contribution is 5.67. The summed E-state index contributed by atoms with van der Waals surface area (Å²) in [6.45, 7) is 0.578. The highest BCUT2D eigenvalue weighted by Gasteiger charge is 2.04. The second-order valence-corrected chi connectivity index (χ2v) is 4.62. The van der Waals surface area contributed by atoms with Crippen LogP contribution in [0.25, 0.3) is 11.1 Å². The van der Waals surface area contributed by atoms with E-state index in [2.05, 4.69) is 48.5 Å². The number of rotatable bonds is 4. The minimum absolute atomic E-state index is 0.578. The molecule has 0 bridgehead atoms. The standard InChI is InChI=1S/C19H16O/c1-3-9-16(10-4-1)19-14-8-7-11-17(19)15-20-18-12-5-2-6-13-18/h1-14H,15H2. The minimum Gasteiger partial charge on any atom is -0.489 e. The SMILES string of the molecule is c1ccc(OCc2ccccc2-c2ccccc2)cc1. The lowest BCUT2D eigenvalue weighted by atomic mass is 10.0. The predicted molar refractivity (Wildman–Crippen MR) is 82.7 cm³/mol. The van der Waals surface area contributed by atoms with Gasteiger partial charge in [-0.2, -0.15) is 0 Å². The van der Waals surface area contributed by atoms with E-state index < -0.39 is 0 Å². The topological polar surface area (TPSA) is 9.23 Å². The number of benzene rings is 3. The van der Waals surface area contributed by atoms with Crippen LogP contribution in [0.5, 0.6) is 5.75 Å². The third kappa shape index (κ3) is 2.89. The Morgan fingerprint density at radius 2 is 1.20 bits per heavy atom. The van der Waals surface area contributed by atoms with Crippen molar-refractivity contribution in [3.63, 3.8) is 0 Å². The summed E-state index contributed by atoms with van der Waals surface area (Å²) in [4.78, 5) is 0. The fourth-order valence-electron chi connectivity index (χ4n) is 2.22. The Kier molecular flexibility index (Phi) is 3.79. The first-order valence-corrected chi connectivity index (χ1v) is 6.75. The molecule has 20 heavy (non-hydrogen) atoms. The maximum absolute atomic E-state index is 5.85. The third-order valence-electron chi connectivity index (χ3n) is 3.24.